The number of ether oxygens (including phenoxy) is 2. The third-order valence-electron chi connectivity index (χ3n) is 5.90. The number of ketones is 1. The Bertz CT molecular complexity index is 1390. The van der Waals surface area contributed by atoms with Gasteiger partial charge in [0, 0.05) is 23.1 Å². The molecule has 5 rings (SSSR count). The first kappa shape index (κ1) is 19.1. The van der Waals surface area contributed by atoms with Gasteiger partial charge in [0.1, 0.15) is 0 Å². The highest BCUT2D eigenvalue weighted by atomic mass is 16.5. The minimum Gasteiger partial charge on any atom is -0.493 e. The van der Waals surface area contributed by atoms with E-state index in [0.29, 0.717) is 52.1 Å². The Kier molecular flexibility index (Phi) is 4.59. The number of carbonyl (C=O) groups is 1. The summed E-state index contributed by atoms with van der Waals surface area (Å²) in [5.74, 6) is 0.742. The van der Waals surface area contributed by atoms with Gasteiger partial charge in [0.05, 0.1) is 30.9 Å². The smallest absolute Gasteiger partial charge is 0.262 e. The Morgan fingerprint density at radius 3 is 2.23 bits per heavy atom. The van der Waals surface area contributed by atoms with Crippen LogP contribution in [-0.4, -0.2) is 24.6 Å². The summed E-state index contributed by atoms with van der Waals surface area (Å²) in [6, 6.07) is 21.0. The van der Waals surface area contributed by atoms with Gasteiger partial charge in [-0.05, 0) is 24.1 Å². The van der Waals surface area contributed by atoms with E-state index in [1.807, 2.05) is 54.6 Å². The number of hydrogen-bond acceptors (Lipinski definition) is 4. The van der Waals surface area contributed by atoms with E-state index in [2.05, 4.69) is 0 Å². The largest absolute Gasteiger partial charge is 0.493 e. The summed E-state index contributed by atoms with van der Waals surface area (Å²) in [7, 11) is 3.04. The van der Waals surface area contributed by atoms with Crippen LogP contribution in [0.2, 0.25) is 0 Å². The zero-order valence-corrected chi connectivity index (χ0v) is 17.3. The molecule has 0 amide bonds. The van der Waals surface area contributed by atoms with Crippen molar-refractivity contribution in [3.8, 4) is 22.8 Å². The first-order chi connectivity index (χ1) is 15.2. The lowest BCUT2D eigenvalue weighted by atomic mass is 10.0. The van der Waals surface area contributed by atoms with Gasteiger partial charge in [-0.15, -0.1) is 0 Å². The average Bonchev–Trinajstić information content (AvgIpc) is 3.11. The second-order valence-corrected chi connectivity index (χ2v) is 7.51. The molecule has 0 bridgehead atoms. The fraction of sp³-hybridized carbons (Fsp3) is 0.154. The SMILES string of the molecule is COc1ccc2c3c(n(CCc4ccccc4)c(=O)c2c1OC)-c1ccccc1C3=O. The number of aryl methyl sites for hydroxylation is 1. The van der Waals surface area contributed by atoms with Crippen molar-refractivity contribution in [3.05, 3.63) is 93.8 Å². The van der Waals surface area contributed by atoms with Crippen molar-refractivity contribution in [2.75, 3.05) is 14.2 Å². The van der Waals surface area contributed by atoms with Crippen LogP contribution in [0.3, 0.4) is 0 Å². The Morgan fingerprint density at radius 1 is 0.806 bits per heavy atom. The number of rotatable bonds is 5. The van der Waals surface area contributed by atoms with E-state index in [-0.39, 0.29) is 11.3 Å². The van der Waals surface area contributed by atoms with Gasteiger partial charge >= 0.3 is 0 Å². The summed E-state index contributed by atoms with van der Waals surface area (Å²) >= 11 is 0. The first-order valence-corrected chi connectivity index (χ1v) is 10.1. The van der Waals surface area contributed by atoms with E-state index in [1.54, 1.807) is 16.7 Å². The highest BCUT2D eigenvalue weighted by molar-refractivity contribution is 6.27. The van der Waals surface area contributed by atoms with E-state index in [1.165, 1.54) is 14.2 Å². The topological polar surface area (TPSA) is 57.5 Å². The predicted molar refractivity (Wildman–Crippen MR) is 120 cm³/mol. The Hall–Kier alpha value is -3.86. The summed E-state index contributed by atoms with van der Waals surface area (Å²) in [5, 5.41) is 0.963. The first-order valence-electron chi connectivity index (χ1n) is 10.1. The molecule has 0 aliphatic heterocycles. The van der Waals surface area contributed by atoms with Crippen molar-refractivity contribution in [3.63, 3.8) is 0 Å². The van der Waals surface area contributed by atoms with Crippen molar-refractivity contribution in [1.82, 2.24) is 4.57 Å². The maximum absolute atomic E-state index is 13.8. The summed E-state index contributed by atoms with van der Waals surface area (Å²) < 4.78 is 12.7. The summed E-state index contributed by atoms with van der Waals surface area (Å²) in [6.45, 7) is 0.448. The summed E-state index contributed by atoms with van der Waals surface area (Å²) in [4.78, 5) is 27.2. The molecule has 1 aromatic heterocycles. The van der Waals surface area contributed by atoms with Crippen LogP contribution in [0.15, 0.2) is 71.5 Å². The average molecular weight is 411 g/mol. The second kappa shape index (κ2) is 7.43. The van der Waals surface area contributed by atoms with Crippen LogP contribution in [0.1, 0.15) is 21.5 Å². The quantitative estimate of drug-likeness (QED) is 0.428. The molecule has 31 heavy (non-hydrogen) atoms. The number of pyridine rings is 1. The molecule has 1 aliphatic rings. The normalized spacial score (nSPS) is 12.0. The van der Waals surface area contributed by atoms with Crippen molar-refractivity contribution in [2.45, 2.75) is 13.0 Å². The van der Waals surface area contributed by atoms with Crippen molar-refractivity contribution >= 4 is 16.6 Å². The zero-order chi connectivity index (χ0) is 21.5. The van der Waals surface area contributed by atoms with Gasteiger partial charge in [0.15, 0.2) is 17.3 Å². The molecule has 0 spiro atoms. The number of benzene rings is 3. The van der Waals surface area contributed by atoms with Crippen molar-refractivity contribution in [2.24, 2.45) is 0 Å². The molecule has 5 nitrogen and oxygen atoms in total. The van der Waals surface area contributed by atoms with Crippen LogP contribution in [-0.2, 0) is 13.0 Å². The van der Waals surface area contributed by atoms with Gasteiger partial charge in [0.2, 0.25) is 0 Å². The van der Waals surface area contributed by atoms with Gasteiger partial charge in [0.25, 0.3) is 5.56 Å². The zero-order valence-electron chi connectivity index (χ0n) is 17.3. The van der Waals surface area contributed by atoms with Crippen LogP contribution in [0, 0.1) is 0 Å². The number of hydrogen-bond donors (Lipinski definition) is 0. The molecule has 0 saturated carbocycles. The molecule has 4 aromatic rings. The molecule has 0 unspecified atom stereocenters. The van der Waals surface area contributed by atoms with Crippen LogP contribution in [0.25, 0.3) is 22.0 Å². The lowest BCUT2D eigenvalue weighted by Gasteiger charge is -2.17. The van der Waals surface area contributed by atoms with Crippen molar-refractivity contribution in [1.29, 1.82) is 0 Å². The number of nitrogens with zero attached hydrogens (tertiary/aromatic N) is 1. The van der Waals surface area contributed by atoms with E-state index in [0.717, 1.165) is 11.1 Å². The fourth-order valence-corrected chi connectivity index (χ4v) is 4.48. The van der Waals surface area contributed by atoms with E-state index in [4.69, 9.17) is 9.47 Å². The Labute approximate surface area is 179 Å². The van der Waals surface area contributed by atoms with Gasteiger partial charge in [-0.3, -0.25) is 9.59 Å². The molecular formula is C26H21NO4. The second-order valence-electron chi connectivity index (χ2n) is 7.51. The van der Waals surface area contributed by atoms with E-state index >= 15 is 0 Å². The van der Waals surface area contributed by atoms with Gasteiger partial charge < -0.3 is 14.0 Å². The fourth-order valence-electron chi connectivity index (χ4n) is 4.48. The summed E-state index contributed by atoms with van der Waals surface area (Å²) in [6.07, 6.45) is 0.668. The molecule has 0 atom stereocenters. The lowest BCUT2D eigenvalue weighted by molar-refractivity contribution is 0.104. The van der Waals surface area contributed by atoms with E-state index in [9.17, 15) is 9.59 Å². The predicted octanol–water partition coefficient (Wildman–Crippen LogP) is 4.47. The minimum atomic E-state index is -0.190. The van der Waals surface area contributed by atoms with Crippen molar-refractivity contribution < 1.29 is 14.3 Å². The van der Waals surface area contributed by atoms with Crippen LogP contribution >= 0.6 is 0 Å². The molecule has 5 heteroatoms. The number of aromatic nitrogens is 1. The molecule has 0 N–H and O–H groups in total. The van der Waals surface area contributed by atoms with Crippen LogP contribution < -0.4 is 15.0 Å². The molecule has 0 saturated heterocycles. The van der Waals surface area contributed by atoms with Crippen LogP contribution in [0.5, 0.6) is 11.5 Å². The minimum absolute atomic E-state index is 0.0729. The third-order valence-corrected chi connectivity index (χ3v) is 5.90. The highest BCUT2D eigenvalue weighted by Crippen LogP contribution is 2.43. The number of fused-ring (bicyclic) bond motifs is 5. The van der Waals surface area contributed by atoms with Gasteiger partial charge in [-0.25, -0.2) is 0 Å². The molecule has 0 radical (unpaired) electrons. The summed E-state index contributed by atoms with van der Waals surface area (Å²) in [5.41, 5.74) is 3.58. The van der Waals surface area contributed by atoms with Gasteiger partial charge in [-0.2, -0.15) is 0 Å². The number of methoxy groups -OCH3 is 2. The lowest BCUT2D eigenvalue weighted by Crippen LogP contribution is -2.25. The standard InChI is InChI=1S/C26H21NO4/c1-30-20-13-12-19-21-23(17-10-6-7-11-18(17)24(21)28)27(26(29)22(19)25(20)31-2)15-14-16-8-4-3-5-9-16/h3-13H,14-15H2,1-2H3. The van der Waals surface area contributed by atoms with E-state index < -0.39 is 0 Å². The maximum atomic E-state index is 13.8. The molecule has 0 fully saturated rings. The van der Waals surface area contributed by atoms with Gasteiger partial charge in [-0.1, -0.05) is 54.6 Å². The molecule has 3 aromatic carbocycles. The Morgan fingerprint density at radius 2 is 1.52 bits per heavy atom. The number of carbonyl (C=O) groups excluding carboxylic acids is 1. The molecule has 154 valence electrons. The van der Waals surface area contributed by atoms with Crippen LogP contribution in [0.4, 0.5) is 0 Å². The third kappa shape index (κ3) is 2.85. The molecular weight excluding hydrogens is 390 g/mol. The molecule has 1 aliphatic carbocycles. The highest BCUT2D eigenvalue weighted by Gasteiger charge is 2.33. The Balaban J connectivity index is 1.83. The molecule has 1 heterocycles. The maximum Gasteiger partial charge on any atom is 0.262 e. The monoisotopic (exact) mass is 411 g/mol.